The second-order valence-corrected chi connectivity index (χ2v) is 6.44. The highest BCUT2D eigenvalue weighted by Crippen LogP contribution is 2.28. The molecule has 6 heteroatoms. The standard InChI is InChI=1S/C14H15NO4S/c1-10(16)13-7-4-8-15-14(13)19-11-5-3-6-12(9-11)20(2,17)18/h3-10,16H,1-2H3/t10-/m1/s1. The molecule has 1 aromatic carbocycles. The lowest BCUT2D eigenvalue weighted by Crippen LogP contribution is -2.00. The Hall–Kier alpha value is -1.92. The van der Waals surface area contributed by atoms with Crippen molar-refractivity contribution in [3.05, 3.63) is 48.2 Å². The van der Waals surface area contributed by atoms with Gasteiger partial charge in [-0.05, 0) is 37.3 Å². The van der Waals surface area contributed by atoms with Gasteiger partial charge in [-0.3, -0.25) is 0 Å². The molecule has 0 saturated carbocycles. The minimum Gasteiger partial charge on any atom is -0.439 e. The van der Waals surface area contributed by atoms with Gasteiger partial charge in [0.2, 0.25) is 5.88 Å². The maximum absolute atomic E-state index is 11.5. The van der Waals surface area contributed by atoms with Crippen LogP contribution in [0.2, 0.25) is 0 Å². The molecule has 0 fully saturated rings. The Morgan fingerprint density at radius 1 is 1.25 bits per heavy atom. The van der Waals surface area contributed by atoms with Gasteiger partial charge in [-0.1, -0.05) is 6.07 Å². The summed E-state index contributed by atoms with van der Waals surface area (Å²) in [6.45, 7) is 1.61. The first-order valence-electron chi connectivity index (χ1n) is 5.99. The quantitative estimate of drug-likeness (QED) is 0.936. The summed E-state index contributed by atoms with van der Waals surface area (Å²) in [4.78, 5) is 4.23. The third-order valence-electron chi connectivity index (χ3n) is 2.70. The molecule has 1 aromatic heterocycles. The van der Waals surface area contributed by atoms with E-state index in [9.17, 15) is 13.5 Å². The van der Waals surface area contributed by atoms with Crippen molar-refractivity contribution in [1.29, 1.82) is 0 Å². The summed E-state index contributed by atoms with van der Waals surface area (Å²) in [5.74, 6) is 0.613. The Labute approximate surface area is 117 Å². The van der Waals surface area contributed by atoms with Crippen molar-refractivity contribution in [2.45, 2.75) is 17.9 Å². The van der Waals surface area contributed by atoms with E-state index < -0.39 is 15.9 Å². The van der Waals surface area contributed by atoms with E-state index in [0.717, 1.165) is 6.26 Å². The monoisotopic (exact) mass is 293 g/mol. The summed E-state index contributed by atoms with van der Waals surface area (Å²) in [7, 11) is -3.29. The summed E-state index contributed by atoms with van der Waals surface area (Å²) >= 11 is 0. The number of hydrogen-bond donors (Lipinski definition) is 1. The van der Waals surface area contributed by atoms with Crippen LogP contribution in [0.25, 0.3) is 0 Å². The number of pyridine rings is 1. The number of aliphatic hydroxyl groups excluding tert-OH is 1. The molecule has 0 aliphatic rings. The van der Waals surface area contributed by atoms with Crippen molar-refractivity contribution < 1.29 is 18.3 Å². The van der Waals surface area contributed by atoms with Crippen LogP contribution < -0.4 is 4.74 Å². The SMILES string of the molecule is C[C@@H](O)c1cccnc1Oc1cccc(S(C)(=O)=O)c1. The lowest BCUT2D eigenvalue weighted by Gasteiger charge is -2.12. The van der Waals surface area contributed by atoms with Crippen LogP contribution >= 0.6 is 0 Å². The third kappa shape index (κ3) is 3.34. The minimum atomic E-state index is -3.29. The van der Waals surface area contributed by atoms with Crippen molar-refractivity contribution in [2.75, 3.05) is 6.26 Å². The van der Waals surface area contributed by atoms with Gasteiger partial charge in [0.25, 0.3) is 0 Å². The zero-order chi connectivity index (χ0) is 14.8. The van der Waals surface area contributed by atoms with Gasteiger partial charge in [0.1, 0.15) is 5.75 Å². The van der Waals surface area contributed by atoms with E-state index in [2.05, 4.69) is 4.98 Å². The predicted molar refractivity (Wildman–Crippen MR) is 74.5 cm³/mol. The highest BCUT2D eigenvalue weighted by molar-refractivity contribution is 7.90. The summed E-state index contributed by atoms with van der Waals surface area (Å²) < 4.78 is 28.6. The first-order valence-corrected chi connectivity index (χ1v) is 7.88. The summed E-state index contributed by atoms with van der Waals surface area (Å²) in [6, 6.07) is 9.55. The molecule has 0 aliphatic carbocycles. The Kier molecular flexibility index (Phi) is 4.06. The second kappa shape index (κ2) is 5.60. The Bertz CT molecular complexity index is 711. The van der Waals surface area contributed by atoms with E-state index in [-0.39, 0.29) is 10.8 Å². The maximum Gasteiger partial charge on any atom is 0.225 e. The molecular weight excluding hydrogens is 278 g/mol. The van der Waals surface area contributed by atoms with Crippen molar-refractivity contribution in [1.82, 2.24) is 4.98 Å². The molecule has 0 bridgehead atoms. The number of benzene rings is 1. The van der Waals surface area contributed by atoms with Gasteiger partial charge in [-0.15, -0.1) is 0 Å². The van der Waals surface area contributed by atoms with Crippen LogP contribution in [0.15, 0.2) is 47.5 Å². The van der Waals surface area contributed by atoms with Gasteiger partial charge in [0.05, 0.1) is 11.0 Å². The van der Waals surface area contributed by atoms with E-state index in [4.69, 9.17) is 4.74 Å². The number of aliphatic hydroxyl groups is 1. The maximum atomic E-state index is 11.5. The molecule has 106 valence electrons. The Morgan fingerprint density at radius 3 is 2.65 bits per heavy atom. The number of rotatable bonds is 4. The number of ether oxygens (including phenoxy) is 1. The fourth-order valence-corrected chi connectivity index (χ4v) is 2.34. The molecule has 0 saturated heterocycles. The van der Waals surface area contributed by atoms with E-state index in [1.54, 1.807) is 37.4 Å². The second-order valence-electron chi connectivity index (χ2n) is 4.42. The van der Waals surface area contributed by atoms with Crippen LogP contribution in [-0.2, 0) is 9.84 Å². The van der Waals surface area contributed by atoms with Crippen LogP contribution in [0.5, 0.6) is 11.6 Å². The van der Waals surface area contributed by atoms with Gasteiger partial charge in [0.15, 0.2) is 9.84 Å². The van der Waals surface area contributed by atoms with Gasteiger partial charge in [-0.2, -0.15) is 0 Å². The van der Waals surface area contributed by atoms with Gasteiger partial charge < -0.3 is 9.84 Å². The molecule has 1 atom stereocenters. The van der Waals surface area contributed by atoms with E-state index in [1.807, 2.05) is 0 Å². The minimum absolute atomic E-state index is 0.171. The number of aromatic nitrogens is 1. The lowest BCUT2D eigenvalue weighted by atomic mass is 10.2. The normalized spacial score (nSPS) is 12.9. The molecule has 1 heterocycles. The third-order valence-corrected chi connectivity index (χ3v) is 3.81. The van der Waals surface area contributed by atoms with Crippen molar-refractivity contribution in [2.24, 2.45) is 0 Å². The Balaban J connectivity index is 2.36. The van der Waals surface area contributed by atoms with Gasteiger partial charge in [0, 0.05) is 18.0 Å². The van der Waals surface area contributed by atoms with E-state index >= 15 is 0 Å². The highest BCUT2D eigenvalue weighted by atomic mass is 32.2. The molecule has 5 nitrogen and oxygen atoms in total. The molecule has 0 unspecified atom stereocenters. The zero-order valence-corrected chi connectivity index (χ0v) is 12.0. The average Bonchev–Trinajstić information content (AvgIpc) is 2.38. The first-order chi connectivity index (χ1) is 9.38. The molecule has 1 N–H and O–H groups in total. The topological polar surface area (TPSA) is 76.5 Å². The van der Waals surface area contributed by atoms with E-state index in [0.29, 0.717) is 11.3 Å². The number of nitrogens with zero attached hydrogens (tertiary/aromatic N) is 1. The highest BCUT2D eigenvalue weighted by Gasteiger charge is 2.12. The molecule has 0 amide bonds. The van der Waals surface area contributed by atoms with Crippen molar-refractivity contribution >= 4 is 9.84 Å². The molecule has 0 radical (unpaired) electrons. The van der Waals surface area contributed by atoms with Crippen LogP contribution in [0, 0.1) is 0 Å². The van der Waals surface area contributed by atoms with Crippen LogP contribution in [0.1, 0.15) is 18.6 Å². The molecule has 0 spiro atoms. The molecule has 20 heavy (non-hydrogen) atoms. The van der Waals surface area contributed by atoms with Gasteiger partial charge >= 0.3 is 0 Å². The summed E-state index contributed by atoms with van der Waals surface area (Å²) in [5.41, 5.74) is 0.539. The molecule has 0 aliphatic heterocycles. The fraction of sp³-hybridized carbons (Fsp3) is 0.214. The van der Waals surface area contributed by atoms with Crippen molar-refractivity contribution in [3.8, 4) is 11.6 Å². The van der Waals surface area contributed by atoms with Crippen LogP contribution in [0.4, 0.5) is 0 Å². The largest absolute Gasteiger partial charge is 0.439 e. The van der Waals surface area contributed by atoms with Crippen LogP contribution in [-0.4, -0.2) is 24.8 Å². The van der Waals surface area contributed by atoms with Gasteiger partial charge in [-0.25, -0.2) is 13.4 Å². The molecule has 2 rings (SSSR count). The predicted octanol–water partition coefficient (Wildman–Crippen LogP) is 2.33. The smallest absolute Gasteiger partial charge is 0.225 e. The Morgan fingerprint density at radius 2 is 2.00 bits per heavy atom. The lowest BCUT2D eigenvalue weighted by molar-refractivity contribution is 0.194. The zero-order valence-electron chi connectivity index (χ0n) is 11.1. The molecule has 2 aromatic rings. The van der Waals surface area contributed by atoms with E-state index in [1.165, 1.54) is 12.1 Å². The number of sulfone groups is 1. The fourth-order valence-electron chi connectivity index (χ4n) is 1.69. The van der Waals surface area contributed by atoms with Crippen LogP contribution in [0.3, 0.4) is 0 Å². The number of hydrogen-bond acceptors (Lipinski definition) is 5. The summed E-state index contributed by atoms with van der Waals surface area (Å²) in [6.07, 6.45) is 1.95. The van der Waals surface area contributed by atoms with Crippen molar-refractivity contribution in [3.63, 3.8) is 0 Å². The first kappa shape index (κ1) is 14.5. The molecular formula is C14H15NO4S. The average molecular weight is 293 g/mol. The summed E-state index contributed by atoms with van der Waals surface area (Å²) in [5, 5.41) is 9.65.